The minimum Gasteiger partial charge on any atom is -0.409 e. The number of hydrogen-bond donors (Lipinski definition) is 3. The van der Waals surface area contributed by atoms with E-state index in [4.69, 9.17) is 10.9 Å². The zero-order chi connectivity index (χ0) is 11.5. The molecule has 0 spiro atoms. The van der Waals surface area contributed by atoms with Crippen molar-refractivity contribution in [2.75, 3.05) is 18.0 Å². The van der Waals surface area contributed by atoms with Gasteiger partial charge in [0.15, 0.2) is 5.84 Å². The quantitative estimate of drug-likeness (QED) is 0.291. The third-order valence-electron chi connectivity index (χ3n) is 2.80. The summed E-state index contributed by atoms with van der Waals surface area (Å²) in [7, 11) is 0. The van der Waals surface area contributed by atoms with E-state index < -0.39 is 0 Å². The summed E-state index contributed by atoms with van der Waals surface area (Å²) in [4.78, 5) is 2.11. The normalized spacial score (nSPS) is 21.4. The van der Waals surface area contributed by atoms with Crippen LogP contribution in [0.3, 0.4) is 0 Å². The number of nitrogens with two attached hydrogens (primary N) is 1. The first-order valence-electron chi connectivity index (χ1n) is 5.21. The molecule has 0 bridgehead atoms. The maximum atomic E-state index is 9.43. The van der Waals surface area contributed by atoms with E-state index in [9.17, 15) is 5.11 Å². The number of rotatable bonds is 2. The lowest BCUT2D eigenvalue weighted by molar-refractivity contribution is 0.198. The summed E-state index contributed by atoms with van der Waals surface area (Å²) in [6.07, 6.45) is 0.575. The van der Waals surface area contributed by atoms with Gasteiger partial charge in [0.05, 0.1) is 6.10 Å². The number of β-amino-alcohol motifs (C(OH)–C–C–N with tert-alkyl or cyclic N) is 1. The average Bonchev–Trinajstić information content (AvgIpc) is 2.75. The molecule has 1 heterocycles. The van der Waals surface area contributed by atoms with Crippen molar-refractivity contribution in [1.29, 1.82) is 0 Å². The highest BCUT2D eigenvalue weighted by molar-refractivity contribution is 5.97. The zero-order valence-electron chi connectivity index (χ0n) is 8.87. The molecular formula is C11H15N3O2. The van der Waals surface area contributed by atoms with Crippen molar-refractivity contribution >= 4 is 11.5 Å². The Morgan fingerprint density at radius 3 is 2.56 bits per heavy atom. The first-order valence-corrected chi connectivity index (χ1v) is 5.21. The van der Waals surface area contributed by atoms with E-state index in [1.807, 2.05) is 12.1 Å². The number of nitrogens with zero attached hydrogens (tertiary/aromatic N) is 2. The number of oxime groups is 1. The predicted molar refractivity (Wildman–Crippen MR) is 61.8 cm³/mol. The maximum absolute atomic E-state index is 9.43. The predicted octanol–water partition coefficient (Wildman–Crippen LogP) is 0.352. The molecule has 0 radical (unpaired) electrons. The van der Waals surface area contributed by atoms with Gasteiger partial charge in [0.25, 0.3) is 0 Å². The summed E-state index contributed by atoms with van der Waals surface area (Å²) in [5, 5.41) is 20.9. The highest BCUT2D eigenvalue weighted by Crippen LogP contribution is 2.20. The number of aliphatic hydroxyl groups excluding tert-OH is 1. The van der Waals surface area contributed by atoms with E-state index in [1.54, 1.807) is 12.1 Å². The van der Waals surface area contributed by atoms with Gasteiger partial charge in [0.2, 0.25) is 0 Å². The fourth-order valence-corrected chi connectivity index (χ4v) is 1.88. The van der Waals surface area contributed by atoms with Gasteiger partial charge in [-0.3, -0.25) is 0 Å². The molecule has 1 saturated heterocycles. The molecule has 0 saturated carbocycles. The van der Waals surface area contributed by atoms with E-state index >= 15 is 0 Å². The molecule has 2 rings (SSSR count). The smallest absolute Gasteiger partial charge is 0.170 e. The van der Waals surface area contributed by atoms with Crippen LogP contribution in [0, 0.1) is 0 Å². The number of hydrogen-bond acceptors (Lipinski definition) is 4. The Balaban J connectivity index is 2.13. The minimum absolute atomic E-state index is 0.105. The molecule has 1 aliphatic heterocycles. The van der Waals surface area contributed by atoms with E-state index in [0.29, 0.717) is 12.1 Å². The minimum atomic E-state index is -0.233. The second kappa shape index (κ2) is 4.40. The fourth-order valence-electron chi connectivity index (χ4n) is 1.88. The molecule has 4 N–H and O–H groups in total. The Morgan fingerprint density at radius 2 is 2.06 bits per heavy atom. The van der Waals surface area contributed by atoms with Crippen LogP contribution in [0.25, 0.3) is 0 Å². The molecular weight excluding hydrogens is 206 g/mol. The van der Waals surface area contributed by atoms with Gasteiger partial charge in [-0.15, -0.1) is 0 Å². The van der Waals surface area contributed by atoms with Crippen LogP contribution < -0.4 is 10.6 Å². The van der Waals surface area contributed by atoms with Crippen LogP contribution in [0.1, 0.15) is 12.0 Å². The molecule has 1 unspecified atom stereocenters. The second-order valence-electron chi connectivity index (χ2n) is 3.92. The van der Waals surface area contributed by atoms with Crippen LogP contribution in [0.5, 0.6) is 0 Å². The van der Waals surface area contributed by atoms with E-state index in [0.717, 1.165) is 18.7 Å². The summed E-state index contributed by atoms with van der Waals surface area (Å²) in [5.41, 5.74) is 7.20. The molecule has 1 aromatic rings. The Labute approximate surface area is 93.8 Å². The second-order valence-corrected chi connectivity index (χ2v) is 3.92. The largest absolute Gasteiger partial charge is 0.409 e. The van der Waals surface area contributed by atoms with Crippen molar-refractivity contribution in [3.63, 3.8) is 0 Å². The van der Waals surface area contributed by atoms with E-state index in [1.165, 1.54) is 0 Å². The fraction of sp³-hybridized carbons (Fsp3) is 0.364. The van der Waals surface area contributed by atoms with Crippen molar-refractivity contribution < 1.29 is 10.3 Å². The molecule has 16 heavy (non-hydrogen) atoms. The molecule has 5 heteroatoms. The van der Waals surface area contributed by atoms with Crippen LogP contribution in [-0.2, 0) is 0 Å². The molecule has 86 valence electrons. The molecule has 1 atom stereocenters. The molecule has 1 aromatic carbocycles. The van der Waals surface area contributed by atoms with Crippen LogP contribution in [0.15, 0.2) is 29.4 Å². The molecule has 0 aliphatic carbocycles. The topological polar surface area (TPSA) is 82.1 Å². The van der Waals surface area contributed by atoms with Crippen molar-refractivity contribution in [3.8, 4) is 0 Å². The lowest BCUT2D eigenvalue weighted by atomic mass is 10.2. The van der Waals surface area contributed by atoms with Gasteiger partial charge in [-0.1, -0.05) is 5.16 Å². The van der Waals surface area contributed by atoms with Gasteiger partial charge in [-0.2, -0.15) is 0 Å². The van der Waals surface area contributed by atoms with Gasteiger partial charge in [-0.25, -0.2) is 0 Å². The van der Waals surface area contributed by atoms with Crippen LogP contribution in [-0.4, -0.2) is 35.3 Å². The number of benzene rings is 1. The summed E-state index contributed by atoms with van der Waals surface area (Å²) in [6, 6.07) is 7.42. The zero-order valence-corrected chi connectivity index (χ0v) is 8.87. The lowest BCUT2D eigenvalue weighted by Gasteiger charge is -2.17. The van der Waals surface area contributed by atoms with Gasteiger partial charge >= 0.3 is 0 Å². The summed E-state index contributed by atoms with van der Waals surface area (Å²) < 4.78 is 0. The van der Waals surface area contributed by atoms with E-state index in [-0.39, 0.29) is 11.9 Å². The highest BCUT2D eigenvalue weighted by atomic mass is 16.4. The first-order chi connectivity index (χ1) is 7.70. The molecule has 1 aliphatic rings. The maximum Gasteiger partial charge on any atom is 0.170 e. The van der Waals surface area contributed by atoms with Crippen molar-refractivity contribution in [3.05, 3.63) is 29.8 Å². The van der Waals surface area contributed by atoms with Crippen molar-refractivity contribution in [2.45, 2.75) is 12.5 Å². The number of anilines is 1. The van der Waals surface area contributed by atoms with Gasteiger partial charge in [0.1, 0.15) is 0 Å². The summed E-state index contributed by atoms with van der Waals surface area (Å²) >= 11 is 0. The Bertz CT molecular complexity index is 389. The molecule has 1 fully saturated rings. The van der Waals surface area contributed by atoms with Crippen LogP contribution in [0.4, 0.5) is 5.69 Å². The summed E-state index contributed by atoms with van der Waals surface area (Å²) in [6.45, 7) is 1.53. The summed E-state index contributed by atoms with van der Waals surface area (Å²) in [5.74, 6) is 0.105. The average molecular weight is 221 g/mol. The van der Waals surface area contributed by atoms with Crippen LogP contribution >= 0.6 is 0 Å². The monoisotopic (exact) mass is 221 g/mol. The van der Waals surface area contributed by atoms with Crippen molar-refractivity contribution in [1.82, 2.24) is 0 Å². The molecule has 0 aromatic heterocycles. The van der Waals surface area contributed by atoms with E-state index in [2.05, 4.69) is 10.1 Å². The Hall–Kier alpha value is -1.75. The lowest BCUT2D eigenvalue weighted by Crippen LogP contribution is -2.21. The SMILES string of the molecule is NC(=NO)c1ccc(N2CCC(O)C2)cc1. The van der Waals surface area contributed by atoms with Crippen LogP contribution in [0.2, 0.25) is 0 Å². The Kier molecular flexibility index (Phi) is 2.96. The van der Waals surface area contributed by atoms with Gasteiger partial charge in [-0.05, 0) is 30.7 Å². The number of aliphatic hydroxyl groups is 1. The third kappa shape index (κ3) is 2.09. The van der Waals surface area contributed by atoms with Gasteiger partial charge in [0, 0.05) is 24.3 Å². The van der Waals surface area contributed by atoms with Crippen molar-refractivity contribution in [2.24, 2.45) is 10.9 Å². The van der Waals surface area contributed by atoms with Gasteiger partial charge < -0.3 is 20.9 Å². The standard InChI is InChI=1S/C11H15N3O2/c12-11(13-16)8-1-3-9(4-2-8)14-6-5-10(15)7-14/h1-4,10,15-16H,5-7H2,(H2,12,13). The molecule has 5 nitrogen and oxygen atoms in total. The first kappa shape index (κ1) is 10.8. The third-order valence-corrected chi connectivity index (χ3v) is 2.80. The Morgan fingerprint density at radius 1 is 1.38 bits per heavy atom. The number of amidine groups is 1. The highest BCUT2D eigenvalue weighted by Gasteiger charge is 2.20. The molecule has 0 amide bonds.